The zero-order valence-electron chi connectivity index (χ0n) is 22.6. The van der Waals surface area contributed by atoms with Crippen LogP contribution in [0.1, 0.15) is 54.4 Å². The molecule has 3 aromatic rings. The molecule has 1 saturated carbocycles. The lowest BCUT2D eigenvalue weighted by Gasteiger charge is -2.40. The number of sulfonamides is 1. The first-order valence-corrected chi connectivity index (χ1v) is 16.4. The van der Waals surface area contributed by atoms with Crippen molar-refractivity contribution in [2.45, 2.75) is 61.9 Å². The van der Waals surface area contributed by atoms with E-state index in [0.717, 1.165) is 29.7 Å². The van der Waals surface area contributed by atoms with Crippen molar-refractivity contribution in [2.75, 3.05) is 13.1 Å². The zero-order chi connectivity index (χ0) is 28.6. The van der Waals surface area contributed by atoms with Crippen LogP contribution in [-0.2, 0) is 25.4 Å². The fourth-order valence-electron chi connectivity index (χ4n) is 6.48. The topological polar surface area (TPSA) is 117 Å². The van der Waals surface area contributed by atoms with E-state index < -0.39 is 27.6 Å². The molecule has 2 unspecified atom stereocenters. The third-order valence-corrected chi connectivity index (χ3v) is 11.2. The number of benzene rings is 1. The molecule has 6 rings (SSSR count). The lowest BCUT2D eigenvalue weighted by Crippen LogP contribution is -2.62. The van der Waals surface area contributed by atoms with Crippen molar-refractivity contribution in [1.82, 2.24) is 19.5 Å². The number of carbonyl (C=O) groups is 3. The molecule has 0 radical (unpaired) electrons. The Kier molecular flexibility index (Phi) is 7.52. The molecule has 2 aromatic heterocycles. The van der Waals surface area contributed by atoms with Crippen LogP contribution in [0.25, 0.3) is 10.4 Å². The van der Waals surface area contributed by atoms with Gasteiger partial charge >= 0.3 is 0 Å². The molecular formula is C30H32N4O5S2. The highest BCUT2D eigenvalue weighted by molar-refractivity contribution is 7.88. The van der Waals surface area contributed by atoms with Crippen molar-refractivity contribution in [1.29, 1.82) is 0 Å². The number of hydrogen-bond donors (Lipinski definition) is 1. The first-order valence-electron chi connectivity index (χ1n) is 14.0. The number of Topliss-reactive ketones (excluding diaryl/α,β-unsaturated/α-hetero) is 1. The van der Waals surface area contributed by atoms with Crippen LogP contribution >= 0.6 is 11.3 Å². The smallest absolute Gasteiger partial charge is 0.252 e. The number of amides is 2. The molecule has 1 aliphatic carbocycles. The summed E-state index contributed by atoms with van der Waals surface area (Å²) >= 11 is 1.62. The number of aromatic nitrogens is 1. The number of ketones is 1. The molecule has 3 aliphatic rings. The Morgan fingerprint density at radius 3 is 2.51 bits per heavy atom. The Morgan fingerprint density at radius 2 is 1.83 bits per heavy atom. The molecule has 1 aromatic carbocycles. The van der Waals surface area contributed by atoms with E-state index in [0.29, 0.717) is 30.4 Å². The monoisotopic (exact) mass is 592 g/mol. The van der Waals surface area contributed by atoms with E-state index in [9.17, 15) is 22.8 Å². The van der Waals surface area contributed by atoms with Gasteiger partial charge in [-0.15, -0.1) is 11.3 Å². The number of thiophene rings is 1. The van der Waals surface area contributed by atoms with Gasteiger partial charge in [-0.3, -0.25) is 19.4 Å². The highest BCUT2D eigenvalue weighted by Gasteiger charge is 2.56. The minimum Gasteiger partial charge on any atom is -0.338 e. The lowest BCUT2D eigenvalue weighted by molar-refractivity contribution is -0.143. The van der Waals surface area contributed by atoms with Crippen molar-refractivity contribution in [3.05, 3.63) is 77.4 Å². The highest BCUT2D eigenvalue weighted by atomic mass is 32.2. The fraction of sp³-hybridized carbons (Fsp3) is 0.400. The molecule has 1 N–H and O–H groups in total. The molecule has 11 heteroatoms. The van der Waals surface area contributed by atoms with Gasteiger partial charge in [0.25, 0.3) is 5.91 Å². The molecule has 41 heavy (non-hydrogen) atoms. The van der Waals surface area contributed by atoms with Crippen LogP contribution in [0, 0.1) is 0 Å². The molecule has 2 amide bonds. The second kappa shape index (κ2) is 11.1. The predicted molar refractivity (Wildman–Crippen MR) is 156 cm³/mol. The molecule has 0 spiro atoms. The van der Waals surface area contributed by atoms with Crippen LogP contribution < -0.4 is 5.32 Å². The molecule has 0 bridgehead atoms. The number of pyridine rings is 1. The van der Waals surface area contributed by atoms with Crippen molar-refractivity contribution in [3.63, 3.8) is 0 Å². The minimum absolute atomic E-state index is 0.252. The second-order valence-electron chi connectivity index (χ2n) is 11.1. The number of fused-ring (bicyclic) bond motifs is 1. The maximum Gasteiger partial charge on any atom is 0.252 e. The number of rotatable bonds is 7. The first kappa shape index (κ1) is 27.7. The highest BCUT2D eigenvalue weighted by Crippen LogP contribution is 2.37. The number of nitrogens with zero attached hydrogens (tertiary/aromatic N) is 3. The van der Waals surface area contributed by atoms with E-state index in [2.05, 4.69) is 10.3 Å². The zero-order valence-corrected chi connectivity index (χ0v) is 24.2. The molecule has 9 nitrogen and oxygen atoms in total. The van der Waals surface area contributed by atoms with Crippen molar-refractivity contribution in [2.24, 2.45) is 0 Å². The number of likely N-dealkylation sites (tertiary alicyclic amines) is 1. The average Bonchev–Trinajstić information content (AvgIpc) is 3.73. The number of nitrogens with one attached hydrogen (secondary N) is 1. The third-order valence-electron chi connectivity index (χ3n) is 8.49. The Balaban J connectivity index is 1.21. The predicted octanol–water partition coefficient (Wildman–Crippen LogP) is 3.63. The molecule has 2 saturated heterocycles. The summed E-state index contributed by atoms with van der Waals surface area (Å²) in [5.74, 6) is -1.14. The van der Waals surface area contributed by atoms with E-state index in [1.807, 2.05) is 29.6 Å². The minimum atomic E-state index is -3.80. The van der Waals surface area contributed by atoms with Crippen LogP contribution in [-0.4, -0.2) is 70.9 Å². The maximum atomic E-state index is 14.2. The summed E-state index contributed by atoms with van der Waals surface area (Å²) < 4.78 is 27.9. The van der Waals surface area contributed by atoms with Crippen LogP contribution in [0.3, 0.4) is 0 Å². The van der Waals surface area contributed by atoms with Gasteiger partial charge in [-0.25, -0.2) is 8.42 Å². The molecule has 4 heterocycles. The summed E-state index contributed by atoms with van der Waals surface area (Å²) in [7, 11) is -3.80. The van der Waals surface area contributed by atoms with E-state index in [1.165, 1.54) is 15.4 Å². The fourth-order valence-corrected chi connectivity index (χ4v) is 8.93. The standard InChI is InChI=1S/C30H32N4O5S2/c35-25-19-34(41(38,39)20-21-6-4-15-31-18-21)24-12-16-33(27(24)25)29(37)30(13-2-1-3-14-30)32-28(36)23-10-8-22(9-11-23)26-7-5-17-40-26/h4-11,15,17-18,24,27H,1-3,12-14,16,19-20H2,(H,32,36). The van der Waals surface area contributed by atoms with Crippen LogP contribution in [0.15, 0.2) is 66.3 Å². The molecule has 2 atom stereocenters. The van der Waals surface area contributed by atoms with E-state index >= 15 is 0 Å². The summed E-state index contributed by atoms with van der Waals surface area (Å²) in [4.78, 5) is 47.5. The van der Waals surface area contributed by atoms with Gasteiger partial charge in [-0.1, -0.05) is 43.5 Å². The summed E-state index contributed by atoms with van der Waals surface area (Å²) in [6.07, 6.45) is 6.95. The largest absolute Gasteiger partial charge is 0.338 e. The number of carbonyl (C=O) groups excluding carboxylic acids is 3. The van der Waals surface area contributed by atoms with Crippen LogP contribution in [0.2, 0.25) is 0 Å². The summed E-state index contributed by atoms with van der Waals surface area (Å²) in [5, 5.41) is 5.07. The van der Waals surface area contributed by atoms with Gasteiger partial charge in [0, 0.05) is 29.4 Å². The summed E-state index contributed by atoms with van der Waals surface area (Å²) in [5.41, 5.74) is 0.901. The maximum absolute atomic E-state index is 14.2. The SMILES string of the molecule is O=C(NC1(C(=O)N2CCC3C2C(=O)CN3S(=O)(=O)Cc2cccnc2)CCCCC1)c1ccc(-c2cccs2)cc1. The van der Waals surface area contributed by atoms with Gasteiger partial charge in [0.15, 0.2) is 5.78 Å². The Morgan fingerprint density at radius 1 is 1.05 bits per heavy atom. The quantitative estimate of drug-likeness (QED) is 0.448. The van der Waals surface area contributed by atoms with Crippen molar-refractivity contribution in [3.8, 4) is 10.4 Å². The third kappa shape index (κ3) is 5.33. The molecular weight excluding hydrogens is 560 g/mol. The normalized spacial score (nSPS) is 22.4. The van der Waals surface area contributed by atoms with Gasteiger partial charge < -0.3 is 10.2 Å². The Hall–Kier alpha value is -3.41. The Labute approximate surface area is 243 Å². The van der Waals surface area contributed by atoms with Gasteiger partial charge in [0.2, 0.25) is 15.9 Å². The first-order chi connectivity index (χ1) is 19.8. The van der Waals surface area contributed by atoms with Gasteiger partial charge in [0.05, 0.1) is 18.3 Å². The molecule has 3 fully saturated rings. The van der Waals surface area contributed by atoms with Crippen molar-refractivity contribution >= 4 is 39.0 Å². The molecule has 2 aliphatic heterocycles. The van der Waals surface area contributed by atoms with Crippen molar-refractivity contribution < 1.29 is 22.8 Å². The van der Waals surface area contributed by atoms with Gasteiger partial charge in [-0.05, 0) is 60.0 Å². The van der Waals surface area contributed by atoms with Crippen LogP contribution in [0.5, 0.6) is 0 Å². The summed E-state index contributed by atoms with van der Waals surface area (Å²) in [6.45, 7) is 0.0175. The summed E-state index contributed by atoms with van der Waals surface area (Å²) in [6, 6.07) is 13.3. The van der Waals surface area contributed by atoms with E-state index in [1.54, 1.807) is 41.8 Å². The van der Waals surface area contributed by atoms with Gasteiger partial charge in [0.1, 0.15) is 11.6 Å². The Bertz CT molecular complexity index is 1540. The number of hydrogen-bond acceptors (Lipinski definition) is 7. The van der Waals surface area contributed by atoms with Crippen LogP contribution in [0.4, 0.5) is 0 Å². The average molecular weight is 593 g/mol. The second-order valence-corrected chi connectivity index (χ2v) is 13.9. The van der Waals surface area contributed by atoms with Gasteiger partial charge in [-0.2, -0.15) is 4.31 Å². The lowest BCUT2D eigenvalue weighted by atomic mass is 9.80. The molecule has 214 valence electrons. The van der Waals surface area contributed by atoms with E-state index in [4.69, 9.17) is 0 Å². The van der Waals surface area contributed by atoms with E-state index in [-0.39, 0.29) is 36.4 Å².